The van der Waals surface area contributed by atoms with Crippen molar-refractivity contribution in [2.24, 2.45) is 11.3 Å². The Bertz CT molecular complexity index is 1390. The van der Waals surface area contributed by atoms with Crippen molar-refractivity contribution in [3.05, 3.63) is 58.2 Å². The van der Waals surface area contributed by atoms with E-state index in [1.165, 1.54) is 15.5 Å². The van der Waals surface area contributed by atoms with Crippen LogP contribution in [0.15, 0.2) is 41.5 Å². The first kappa shape index (κ1) is 33.2. The number of hydrazine groups is 1. The van der Waals surface area contributed by atoms with E-state index in [1.807, 2.05) is 58.9 Å². The van der Waals surface area contributed by atoms with Gasteiger partial charge in [0.15, 0.2) is 0 Å². The largest absolute Gasteiger partial charge is 0.457 e. The number of benzene rings is 1. The number of fused-ring (bicyclic) bond motifs is 13. The van der Waals surface area contributed by atoms with Crippen molar-refractivity contribution in [1.29, 1.82) is 0 Å². The fraction of sp³-hybridized carbons (Fsp3) is 0.543. The van der Waals surface area contributed by atoms with E-state index in [0.717, 1.165) is 35.1 Å². The van der Waals surface area contributed by atoms with E-state index in [9.17, 15) is 19.2 Å². The highest BCUT2D eigenvalue weighted by Gasteiger charge is 2.38. The van der Waals surface area contributed by atoms with Gasteiger partial charge in [-0.3, -0.25) is 24.2 Å². The van der Waals surface area contributed by atoms with Crippen molar-refractivity contribution in [2.75, 3.05) is 13.6 Å². The summed E-state index contributed by atoms with van der Waals surface area (Å²) in [6, 6.07) is 3.93. The minimum absolute atomic E-state index is 0.199. The zero-order chi connectivity index (χ0) is 32.3. The fourth-order valence-corrected chi connectivity index (χ4v) is 6.29. The Labute approximate surface area is 261 Å². The van der Waals surface area contributed by atoms with Crippen molar-refractivity contribution in [3.63, 3.8) is 0 Å². The summed E-state index contributed by atoms with van der Waals surface area (Å²) in [6.07, 6.45) is 10.3. The van der Waals surface area contributed by atoms with Gasteiger partial charge < -0.3 is 15.0 Å². The third kappa shape index (κ3) is 7.32. The Kier molecular flexibility index (Phi) is 10.2. The van der Waals surface area contributed by atoms with Crippen LogP contribution in [0.2, 0.25) is 0 Å². The first-order valence-electron chi connectivity index (χ1n) is 15.7. The normalized spacial score (nSPS) is 27.1. The minimum Gasteiger partial charge on any atom is -0.457 e. The molecule has 1 saturated heterocycles. The van der Waals surface area contributed by atoms with E-state index in [-0.39, 0.29) is 17.7 Å². The number of nitrogens with one attached hydrogen (secondary N) is 2. The van der Waals surface area contributed by atoms with Gasteiger partial charge in [-0.05, 0) is 88.5 Å². The topological polar surface area (TPSA) is 108 Å². The molecule has 3 aliphatic heterocycles. The Morgan fingerprint density at radius 3 is 2.45 bits per heavy atom. The predicted molar refractivity (Wildman–Crippen MR) is 172 cm³/mol. The number of hydrogen-bond donors (Lipinski definition) is 2. The number of hydrogen-bond acceptors (Lipinski definition) is 6. The second-order valence-electron chi connectivity index (χ2n) is 13.3. The summed E-state index contributed by atoms with van der Waals surface area (Å²) < 4.78 is 5.94. The number of esters is 1. The van der Waals surface area contributed by atoms with Gasteiger partial charge in [0.05, 0.1) is 5.41 Å². The fourth-order valence-electron chi connectivity index (χ4n) is 6.29. The molecule has 4 atom stereocenters. The number of rotatable bonds is 1. The zero-order valence-corrected chi connectivity index (χ0v) is 27.4. The van der Waals surface area contributed by atoms with Gasteiger partial charge in [0, 0.05) is 13.6 Å². The lowest BCUT2D eigenvalue weighted by Crippen LogP contribution is -2.61. The molecule has 0 aromatic heterocycles. The summed E-state index contributed by atoms with van der Waals surface area (Å²) in [6.45, 7) is 13.4. The van der Waals surface area contributed by atoms with Crippen LogP contribution in [0, 0.1) is 11.3 Å². The Morgan fingerprint density at radius 1 is 1.02 bits per heavy atom. The van der Waals surface area contributed by atoms with Gasteiger partial charge in [-0.15, -0.1) is 0 Å². The molecular weight excluding hydrogens is 556 g/mol. The summed E-state index contributed by atoms with van der Waals surface area (Å²) in [5.41, 5.74) is 7.57. The minimum atomic E-state index is -0.882. The van der Waals surface area contributed by atoms with Gasteiger partial charge in [-0.1, -0.05) is 61.9 Å². The molecule has 0 spiro atoms. The molecular formula is C35H48N4O5. The van der Waals surface area contributed by atoms with Crippen molar-refractivity contribution < 1.29 is 23.9 Å². The Morgan fingerprint density at radius 2 is 1.75 bits per heavy atom. The molecule has 1 aromatic carbocycles. The van der Waals surface area contributed by atoms with E-state index in [4.69, 9.17) is 4.74 Å². The van der Waals surface area contributed by atoms with Gasteiger partial charge >= 0.3 is 5.97 Å². The summed E-state index contributed by atoms with van der Waals surface area (Å²) >= 11 is 0. The van der Waals surface area contributed by atoms with Crippen LogP contribution in [0.25, 0.3) is 12.2 Å². The first-order chi connectivity index (χ1) is 20.7. The van der Waals surface area contributed by atoms with Gasteiger partial charge in [-0.25, -0.2) is 5.43 Å². The summed E-state index contributed by atoms with van der Waals surface area (Å²) in [5.74, 6) is -1.58. The number of likely N-dealkylation sites (N-methyl/N-ethyl adjacent to an activating group) is 1. The van der Waals surface area contributed by atoms with Crippen LogP contribution >= 0.6 is 0 Å². The van der Waals surface area contributed by atoms with E-state index < -0.39 is 41.5 Å². The second kappa shape index (κ2) is 13.5. The molecule has 4 unspecified atom stereocenters. The van der Waals surface area contributed by atoms with Gasteiger partial charge in [0.25, 0.3) is 5.91 Å². The highest BCUT2D eigenvalue weighted by Crippen LogP contribution is 2.29. The van der Waals surface area contributed by atoms with E-state index in [0.29, 0.717) is 19.4 Å². The Balaban J connectivity index is 1.72. The maximum absolute atomic E-state index is 13.8. The molecule has 3 amide bonds. The smallest absolute Gasteiger partial charge is 0.325 e. The molecule has 1 aromatic rings. The molecule has 9 nitrogen and oxygen atoms in total. The molecule has 1 aliphatic carbocycles. The highest BCUT2D eigenvalue weighted by atomic mass is 16.5. The maximum atomic E-state index is 13.8. The number of nitrogens with zero attached hydrogens (tertiary/aromatic N) is 2. The lowest BCUT2D eigenvalue weighted by atomic mass is 9.88. The molecule has 9 heteroatoms. The molecule has 4 aliphatic rings. The van der Waals surface area contributed by atoms with Gasteiger partial charge in [0.1, 0.15) is 24.2 Å². The highest BCUT2D eigenvalue weighted by molar-refractivity contribution is 5.94. The zero-order valence-electron chi connectivity index (χ0n) is 27.4. The molecule has 0 saturated carbocycles. The molecule has 3 heterocycles. The van der Waals surface area contributed by atoms with Crippen LogP contribution in [0.3, 0.4) is 0 Å². The van der Waals surface area contributed by atoms with Gasteiger partial charge in [0.2, 0.25) is 11.8 Å². The van der Waals surface area contributed by atoms with E-state index >= 15 is 0 Å². The molecule has 44 heavy (non-hydrogen) atoms. The number of amides is 3. The van der Waals surface area contributed by atoms with Crippen LogP contribution in [0.1, 0.15) is 84.4 Å². The van der Waals surface area contributed by atoms with Crippen molar-refractivity contribution >= 4 is 35.8 Å². The third-order valence-electron chi connectivity index (χ3n) is 8.95. The standard InChI is InChI=1S/C35H48N4O5/c1-21(2)30-31(40)36-23(4)32(41)39-19-9-10-29(37-39)33(42)44-24(5)28-16-15-26-14-12-25(20-27(26)13-11-22(28)3)17-18-35(6,7)34(43)38(30)8/h12,14-18,20-21,23-24,29-30,37H,9-11,13,19H2,1-8H3,(H,36,40). The summed E-state index contributed by atoms with van der Waals surface area (Å²) in [4.78, 5) is 55.5. The van der Waals surface area contributed by atoms with Crippen molar-refractivity contribution in [2.45, 2.75) is 98.4 Å². The molecule has 6 bridgehead atoms. The molecule has 5 rings (SSSR count). The van der Waals surface area contributed by atoms with Crippen LogP contribution in [0.5, 0.6) is 0 Å². The van der Waals surface area contributed by atoms with Crippen LogP contribution in [-0.4, -0.2) is 71.4 Å². The van der Waals surface area contributed by atoms with E-state index in [1.54, 1.807) is 14.0 Å². The van der Waals surface area contributed by atoms with Crippen molar-refractivity contribution in [1.82, 2.24) is 20.7 Å². The maximum Gasteiger partial charge on any atom is 0.325 e. The summed E-state index contributed by atoms with van der Waals surface area (Å²) in [5, 5.41) is 4.22. The van der Waals surface area contributed by atoms with Crippen LogP contribution < -0.4 is 10.7 Å². The quantitative estimate of drug-likeness (QED) is 0.460. The van der Waals surface area contributed by atoms with Crippen LogP contribution in [-0.2, 0) is 30.3 Å². The number of ether oxygens (including phenoxy) is 1. The third-order valence-corrected chi connectivity index (χ3v) is 8.95. The number of carbonyl (C=O) groups is 4. The predicted octanol–water partition coefficient (Wildman–Crippen LogP) is 4.43. The molecule has 238 valence electrons. The molecule has 1 fully saturated rings. The van der Waals surface area contributed by atoms with Crippen LogP contribution in [0.4, 0.5) is 0 Å². The van der Waals surface area contributed by atoms with E-state index in [2.05, 4.69) is 35.9 Å². The molecule has 0 radical (unpaired) electrons. The second-order valence-corrected chi connectivity index (χ2v) is 13.3. The number of allylic oxidation sites excluding steroid dienone is 1. The lowest BCUT2D eigenvalue weighted by molar-refractivity contribution is -0.155. The number of carbonyl (C=O) groups excluding carboxylic acids is 4. The monoisotopic (exact) mass is 604 g/mol. The average molecular weight is 605 g/mol. The van der Waals surface area contributed by atoms with Gasteiger partial charge in [-0.2, -0.15) is 0 Å². The lowest BCUT2D eigenvalue weighted by Gasteiger charge is -2.37. The average Bonchev–Trinajstić information content (AvgIpc) is 2.97. The molecule has 2 N–H and O–H groups in total. The SMILES string of the molecule is CC1=C2C=Cc3ccc(cc3CC1)C=CC(C)(C)C(=O)N(C)C(C(C)C)C(=O)NC(C)C(=O)N1CCCC(N1)C(=O)OC2C. The summed E-state index contributed by atoms with van der Waals surface area (Å²) in [7, 11) is 1.64. The number of aryl methyl sites for hydroxylation is 1. The Hall–Kier alpha value is -3.72. The van der Waals surface area contributed by atoms with Crippen molar-refractivity contribution in [3.8, 4) is 0 Å². The first-order valence-corrected chi connectivity index (χ1v) is 15.7.